The molecule has 2 rings (SSSR count). The number of hydrogen-bond donors (Lipinski definition) is 2. The molecule has 0 aliphatic rings. The molecular formula is C15H17FN4O. The second-order valence-corrected chi connectivity index (χ2v) is 4.96. The molecule has 0 saturated heterocycles. The molecule has 6 heteroatoms. The molecule has 5 nitrogen and oxygen atoms in total. The highest BCUT2D eigenvalue weighted by Crippen LogP contribution is 2.23. The Kier molecular flexibility index (Phi) is 4.47. The van der Waals surface area contributed by atoms with Gasteiger partial charge >= 0.3 is 0 Å². The molecule has 1 heterocycles. The zero-order valence-corrected chi connectivity index (χ0v) is 12.1. The Balaban J connectivity index is 2.18. The molecule has 0 aliphatic carbocycles. The summed E-state index contributed by atoms with van der Waals surface area (Å²) in [5, 5.41) is 5.57. The Morgan fingerprint density at radius 3 is 2.33 bits per heavy atom. The second kappa shape index (κ2) is 6.30. The van der Waals surface area contributed by atoms with Crippen LogP contribution in [0.5, 0.6) is 0 Å². The van der Waals surface area contributed by atoms with Crippen LogP contribution in [0.2, 0.25) is 0 Å². The fourth-order valence-electron chi connectivity index (χ4n) is 1.85. The maximum absolute atomic E-state index is 14.2. The van der Waals surface area contributed by atoms with Crippen LogP contribution < -0.4 is 10.6 Å². The lowest BCUT2D eigenvalue weighted by Crippen LogP contribution is -2.06. The summed E-state index contributed by atoms with van der Waals surface area (Å²) < 4.78 is 14.2. The first-order valence-corrected chi connectivity index (χ1v) is 6.62. The number of benzene rings is 1. The average Bonchev–Trinajstić information content (AvgIpc) is 2.42. The summed E-state index contributed by atoms with van der Waals surface area (Å²) in [6.07, 6.45) is 1.34. The van der Waals surface area contributed by atoms with E-state index < -0.39 is 5.82 Å². The minimum Gasteiger partial charge on any atom is -0.338 e. The highest BCUT2D eigenvalue weighted by atomic mass is 19.1. The zero-order valence-electron chi connectivity index (χ0n) is 12.1. The molecule has 1 aromatic carbocycles. The van der Waals surface area contributed by atoms with Crippen molar-refractivity contribution in [1.82, 2.24) is 9.97 Å². The van der Waals surface area contributed by atoms with Gasteiger partial charge in [-0.3, -0.25) is 4.79 Å². The van der Waals surface area contributed by atoms with Crippen LogP contribution in [0, 0.1) is 5.82 Å². The maximum Gasteiger partial charge on any atom is 0.221 e. The number of hydrogen-bond acceptors (Lipinski definition) is 4. The van der Waals surface area contributed by atoms with Crippen LogP contribution in [-0.2, 0) is 4.79 Å². The highest BCUT2D eigenvalue weighted by Gasteiger charge is 2.13. The lowest BCUT2D eigenvalue weighted by molar-refractivity contribution is -0.114. The molecule has 2 N–H and O–H groups in total. The molecule has 21 heavy (non-hydrogen) atoms. The molecule has 0 atom stereocenters. The Hall–Kier alpha value is -2.50. The van der Waals surface area contributed by atoms with E-state index in [1.54, 1.807) is 24.3 Å². The second-order valence-electron chi connectivity index (χ2n) is 4.96. The number of nitrogens with zero attached hydrogens (tertiary/aromatic N) is 2. The third-order valence-electron chi connectivity index (χ3n) is 2.83. The SMILES string of the molecule is CC(=O)Nc1ccc(Nc2ncnc(C(C)C)c2F)cc1. The minimum atomic E-state index is -0.446. The van der Waals surface area contributed by atoms with Gasteiger partial charge in [0.1, 0.15) is 6.33 Å². The quantitative estimate of drug-likeness (QED) is 0.904. The largest absolute Gasteiger partial charge is 0.338 e. The van der Waals surface area contributed by atoms with E-state index in [0.29, 0.717) is 17.1 Å². The van der Waals surface area contributed by atoms with Crippen LogP contribution in [0.15, 0.2) is 30.6 Å². The third kappa shape index (κ3) is 3.75. The monoisotopic (exact) mass is 288 g/mol. The van der Waals surface area contributed by atoms with Crippen molar-refractivity contribution in [1.29, 1.82) is 0 Å². The molecule has 0 spiro atoms. The van der Waals surface area contributed by atoms with E-state index in [4.69, 9.17) is 0 Å². The van der Waals surface area contributed by atoms with E-state index in [2.05, 4.69) is 20.6 Å². The van der Waals surface area contributed by atoms with Crippen LogP contribution in [-0.4, -0.2) is 15.9 Å². The van der Waals surface area contributed by atoms with E-state index in [9.17, 15) is 9.18 Å². The Morgan fingerprint density at radius 1 is 1.14 bits per heavy atom. The van der Waals surface area contributed by atoms with Crippen LogP contribution >= 0.6 is 0 Å². The molecule has 0 unspecified atom stereocenters. The van der Waals surface area contributed by atoms with Crippen molar-refractivity contribution in [2.24, 2.45) is 0 Å². The molecule has 0 bridgehead atoms. The first-order valence-electron chi connectivity index (χ1n) is 6.62. The fraction of sp³-hybridized carbons (Fsp3) is 0.267. The standard InChI is InChI=1S/C15H17FN4O/c1-9(2)14-13(16)15(18-8-17-14)20-12-6-4-11(5-7-12)19-10(3)21/h4-9H,1-3H3,(H,19,21)(H,17,18,20). The van der Waals surface area contributed by atoms with Crippen LogP contribution in [0.4, 0.5) is 21.6 Å². The molecule has 110 valence electrons. The number of anilines is 3. The number of rotatable bonds is 4. The van der Waals surface area contributed by atoms with Crippen molar-refractivity contribution in [3.8, 4) is 0 Å². The number of carbonyl (C=O) groups is 1. The summed E-state index contributed by atoms with van der Waals surface area (Å²) in [6, 6.07) is 6.93. The molecule has 0 saturated carbocycles. The Bertz CT molecular complexity index is 641. The smallest absolute Gasteiger partial charge is 0.221 e. The normalized spacial score (nSPS) is 10.5. The molecular weight excluding hydrogens is 271 g/mol. The lowest BCUT2D eigenvalue weighted by atomic mass is 10.1. The van der Waals surface area contributed by atoms with Crippen molar-refractivity contribution in [2.75, 3.05) is 10.6 Å². The number of amides is 1. The average molecular weight is 288 g/mol. The Morgan fingerprint density at radius 2 is 1.76 bits per heavy atom. The highest BCUT2D eigenvalue weighted by molar-refractivity contribution is 5.88. The van der Waals surface area contributed by atoms with Gasteiger partial charge in [-0.15, -0.1) is 0 Å². The molecule has 0 radical (unpaired) electrons. The van der Waals surface area contributed by atoms with Gasteiger partial charge in [0, 0.05) is 18.3 Å². The number of halogens is 1. The van der Waals surface area contributed by atoms with Gasteiger partial charge < -0.3 is 10.6 Å². The van der Waals surface area contributed by atoms with Gasteiger partial charge in [0.05, 0.1) is 5.69 Å². The molecule has 0 aliphatic heterocycles. The van der Waals surface area contributed by atoms with Crippen LogP contribution in [0.3, 0.4) is 0 Å². The number of nitrogens with one attached hydrogen (secondary N) is 2. The summed E-state index contributed by atoms with van der Waals surface area (Å²) in [7, 11) is 0. The molecule has 1 amide bonds. The van der Waals surface area contributed by atoms with Gasteiger partial charge in [0.25, 0.3) is 0 Å². The van der Waals surface area contributed by atoms with Gasteiger partial charge in [-0.25, -0.2) is 14.4 Å². The summed E-state index contributed by atoms with van der Waals surface area (Å²) in [4.78, 5) is 18.8. The van der Waals surface area contributed by atoms with Gasteiger partial charge in [0.15, 0.2) is 11.6 Å². The fourth-order valence-corrected chi connectivity index (χ4v) is 1.85. The van der Waals surface area contributed by atoms with E-state index in [1.165, 1.54) is 13.3 Å². The van der Waals surface area contributed by atoms with Gasteiger partial charge in [-0.2, -0.15) is 0 Å². The molecule has 0 fully saturated rings. The summed E-state index contributed by atoms with van der Waals surface area (Å²) in [5.74, 6) is -0.464. The first kappa shape index (κ1) is 14.9. The van der Waals surface area contributed by atoms with Crippen molar-refractivity contribution >= 4 is 23.1 Å². The van der Waals surface area contributed by atoms with Crippen molar-refractivity contribution in [3.05, 3.63) is 42.1 Å². The maximum atomic E-state index is 14.2. The van der Waals surface area contributed by atoms with Crippen molar-refractivity contribution in [3.63, 3.8) is 0 Å². The number of carbonyl (C=O) groups excluding carboxylic acids is 1. The van der Waals surface area contributed by atoms with Crippen LogP contribution in [0.1, 0.15) is 32.4 Å². The lowest BCUT2D eigenvalue weighted by Gasteiger charge is -2.11. The minimum absolute atomic E-state index is 0.0179. The molecule has 2 aromatic rings. The number of aromatic nitrogens is 2. The predicted molar refractivity (Wildman–Crippen MR) is 80.1 cm³/mol. The first-order chi connectivity index (χ1) is 9.97. The van der Waals surface area contributed by atoms with Gasteiger partial charge in [-0.1, -0.05) is 13.8 Å². The zero-order chi connectivity index (χ0) is 15.4. The van der Waals surface area contributed by atoms with E-state index in [0.717, 1.165) is 0 Å². The van der Waals surface area contributed by atoms with Crippen molar-refractivity contribution in [2.45, 2.75) is 26.7 Å². The van der Waals surface area contributed by atoms with Gasteiger partial charge in [0.2, 0.25) is 5.91 Å². The summed E-state index contributed by atoms with van der Waals surface area (Å²) in [6.45, 7) is 5.19. The predicted octanol–water partition coefficient (Wildman–Crippen LogP) is 3.44. The van der Waals surface area contributed by atoms with Crippen molar-refractivity contribution < 1.29 is 9.18 Å². The topological polar surface area (TPSA) is 66.9 Å². The summed E-state index contributed by atoms with van der Waals surface area (Å²) >= 11 is 0. The Labute approximate surface area is 122 Å². The van der Waals surface area contributed by atoms with Crippen LogP contribution in [0.25, 0.3) is 0 Å². The molecule has 1 aromatic heterocycles. The van der Waals surface area contributed by atoms with E-state index in [1.807, 2.05) is 13.8 Å². The summed E-state index contributed by atoms with van der Waals surface area (Å²) in [5.41, 5.74) is 1.73. The third-order valence-corrected chi connectivity index (χ3v) is 2.83. The van der Waals surface area contributed by atoms with E-state index >= 15 is 0 Å². The van der Waals surface area contributed by atoms with E-state index in [-0.39, 0.29) is 17.6 Å². The van der Waals surface area contributed by atoms with Gasteiger partial charge in [-0.05, 0) is 30.2 Å².